The summed E-state index contributed by atoms with van der Waals surface area (Å²) in [5.41, 5.74) is 0. The zero-order valence-electron chi connectivity index (χ0n) is 44.5. The summed E-state index contributed by atoms with van der Waals surface area (Å²) >= 11 is 0. The van der Waals surface area contributed by atoms with E-state index in [1.807, 2.05) is 12.2 Å². The monoisotopic (exact) mass is 955 g/mol. The Morgan fingerprint density at radius 1 is 0.304 bits per heavy atom. The lowest BCUT2D eigenvalue weighted by atomic mass is 10.0. The average Bonchev–Trinajstić information content (AvgIpc) is 3.35. The Morgan fingerprint density at radius 2 is 0.609 bits per heavy atom. The molecule has 0 saturated carbocycles. The van der Waals surface area contributed by atoms with Gasteiger partial charge in [-0.15, -0.1) is 0 Å². The summed E-state index contributed by atoms with van der Waals surface area (Å²) in [7, 11) is 0. The molecule has 0 aromatic heterocycles. The van der Waals surface area contributed by atoms with Crippen molar-refractivity contribution >= 4 is 17.9 Å². The first kappa shape index (κ1) is 64.8. The third kappa shape index (κ3) is 54.6. The van der Waals surface area contributed by atoms with Crippen LogP contribution in [0, 0.1) is 0 Å². The van der Waals surface area contributed by atoms with Gasteiger partial charge >= 0.3 is 17.9 Å². The van der Waals surface area contributed by atoms with Crippen LogP contribution in [0.4, 0.5) is 0 Å². The highest BCUT2D eigenvalue weighted by molar-refractivity contribution is 5.71. The quantitative estimate of drug-likeness (QED) is 0.0262. The Morgan fingerprint density at radius 3 is 1.01 bits per heavy atom. The van der Waals surface area contributed by atoms with Gasteiger partial charge in [0.25, 0.3) is 0 Å². The van der Waals surface area contributed by atoms with Crippen molar-refractivity contribution in [3.05, 3.63) is 122 Å². The number of rotatable bonds is 49. The third-order valence-electron chi connectivity index (χ3n) is 11.5. The molecule has 0 aliphatic carbocycles. The molecule has 1 atom stereocenters. The molecule has 0 bridgehead atoms. The van der Waals surface area contributed by atoms with Gasteiger partial charge in [0.1, 0.15) is 13.2 Å². The number of esters is 3. The van der Waals surface area contributed by atoms with E-state index in [0.29, 0.717) is 19.3 Å². The van der Waals surface area contributed by atoms with Gasteiger partial charge in [-0.2, -0.15) is 0 Å². The van der Waals surface area contributed by atoms with Crippen molar-refractivity contribution in [3.8, 4) is 0 Å². The van der Waals surface area contributed by atoms with Crippen LogP contribution in [0.15, 0.2) is 122 Å². The van der Waals surface area contributed by atoms with Crippen molar-refractivity contribution < 1.29 is 28.6 Å². The molecular formula is C63H102O6. The molecule has 0 rings (SSSR count). The van der Waals surface area contributed by atoms with Crippen molar-refractivity contribution in [2.75, 3.05) is 13.2 Å². The van der Waals surface area contributed by atoms with Gasteiger partial charge in [-0.05, 0) is 96.3 Å². The molecule has 0 spiro atoms. The van der Waals surface area contributed by atoms with E-state index in [1.54, 1.807) is 0 Å². The summed E-state index contributed by atoms with van der Waals surface area (Å²) < 4.78 is 16.7. The molecule has 0 aliphatic heterocycles. The van der Waals surface area contributed by atoms with Crippen LogP contribution in [0.3, 0.4) is 0 Å². The van der Waals surface area contributed by atoms with Gasteiger partial charge in [-0.3, -0.25) is 14.4 Å². The number of carbonyl (C=O) groups excluding carboxylic acids is 3. The molecule has 0 saturated heterocycles. The minimum Gasteiger partial charge on any atom is -0.462 e. The maximum Gasteiger partial charge on any atom is 0.306 e. The molecule has 6 nitrogen and oxygen atoms in total. The molecule has 6 heteroatoms. The average molecular weight is 956 g/mol. The number of hydrogen-bond acceptors (Lipinski definition) is 6. The summed E-state index contributed by atoms with van der Waals surface area (Å²) in [6, 6.07) is 0. The first-order chi connectivity index (χ1) is 34.0. The Labute approximate surface area is 424 Å². The van der Waals surface area contributed by atoms with Gasteiger partial charge in [0.2, 0.25) is 0 Å². The van der Waals surface area contributed by atoms with Crippen LogP contribution in [0.25, 0.3) is 0 Å². The van der Waals surface area contributed by atoms with E-state index in [2.05, 4.69) is 130 Å². The van der Waals surface area contributed by atoms with Gasteiger partial charge in [-0.1, -0.05) is 245 Å². The molecular weight excluding hydrogens is 853 g/mol. The van der Waals surface area contributed by atoms with Gasteiger partial charge in [0.05, 0.1) is 0 Å². The number of unbranched alkanes of at least 4 members (excludes halogenated alkanes) is 18. The minimum absolute atomic E-state index is 0.124. The normalized spacial score (nSPS) is 13.0. The Hall–Kier alpha value is -4.19. The predicted molar refractivity (Wildman–Crippen MR) is 297 cm³/mol. The lowest BCUT2D eigenvalue weighted by Gasteiger charge is -2.18. The lowest BCUT2D eigenvalue weighted by molar-refractivity contribution is -0.166. The fourth-order valence-corrected chi connectivity index (χ4v) is 7.28. The molecule has 0 fully saturated rings. The maximum atomic E-state index is 12.8. The second kappa shape index (κ2) is 56.4. The van der Waals surface area contributed by atoms with Crippen LogP contribution in [-0.4, -0.2) is 37.2 Å². The van der Waals surface area contributed by atoms with Crippen molar-refractivity contribution in [1.82, 2.24) is 0 Å². The second-order valence-corrected chi connectivity index (χ2v) is 18.1. The second-order valence-electron chi connectivity index (χ2n) is 18.1. The summed E-state index contributed by atoms with van der Waals surface area (Å²) in [5.74, 6) is -1.07. The summed E-state index contributed by atoms with van der Waals surface area (Å²) in [6.07, 6.45) is 77.7. The van der Waals surface area contributed by atoms with E-state index >= 15 is 0 Å². The molecule has 0 unspecified atom stereocenters. The molecule has 0 radical (unpaired) electrons. The zero-order chi connectivity index (χ0) is 50.0. The van der Waals surface area contributed by atoms with Crippen LogP contribution >= 0.6 is 0 Å². The molecule has 390 valence electrons. The number of carbonyl (C=O) groups is 3. The van der Waals surface area contributed by atoms with Crippen molar-refractivity contribution in [2.45, 2.75) is 245 Å². The van der Waals surface area contributed by atoms with Gasteiger partial charge in [0.15, 0.2) is 6.10 Å². The standard InChI is InChI=1S/C63H102O6/c1-4-7-10-13-16-19-22-25-28-30-31-33-35-38-41-44-47-50-53-56-62(65)68-59-60(58-67-61(64)55-52-49-46-43-40-37-34-27-24-21-18-15-12-9-6-3)69-63(66)57-54-51-48-45-42-39-36-32-29-26-23-20-17-14-11-8-5-2/h7,10,16-17,19-20,25-26,28-29,31,33,36,38-39,41,45,47-48,50,60H,4-6,8-9,11-15,18,21-24,27,30,32,34-35,37,40,42-44,46,49,51-59H2,1-3H3/b10-7+,19-16+,20-17+,28-25+,29-26+,33-31+,39-36+,41-38+,48-45+,50-47+/t60-/m1/s1. The van der Waals surface area contributed by atoms with E-state index in [1.165, 1.54) is 103 Å². The molecule has 0 amide bonds. The summed E-state index contributed by atoms with van der Waals surface area (Å²) in [5, 5.41) is 0. The van der Waals surface area contributed by atoms with Gasteiger partial charge in [0, 0.05) is 19.3 Å². The van der Waals surface area contributed by atoms with Gasteiger partial charge < -0.3 is 14.2 Å². The van der Waals surface area contributed by atoms with E-state index in [9.17, 15) is 14.4 Å². The largest absolute Gasteiger partial charge is 0.462 e. The van der Waals surface area contributed by atoms with E-state index in [4.69, 9.17) is 14.2 Å². The van der Waals surface area contributed by atoms with Crippen molar-refractivity contribution in [2.24, 2.45) is 0 Å². The van der Waals surface area contributed by atoms with Crippen molar-refractivity contribution in [1.29, 1.82) is 0 Å². The summed E-state index contributed by atoms with van der Waals surface area (Å²) in [6.45, 7) is 6.39. The highest BCUT2D eigenvalue weighted by Gasteiger charge is 2.19. The lowest BCUT2D eigenvalue weighted by Crippen LogP contribution is -2.30. The van der Waals surface area contributed by atoms with Crippen LogP contribution in [0.1, 0.15) is 239 Å². The SMILES string of the molecule is CC/C=C/C/C=C/C/C=C/C/C=C/C/C=C/C/C=C/CCC(=O)OC[C@@H](COC(=O)CCCCCCCCCCCCCCCCC)OC(=O)CCC/C=C/C/C=C/C/C=C/C/C=C/CCCCC. The molecule has 0 heterocycles. The molecule has 69 heavy (non-hydrogen) atoms. The number of ether oxygens (including phenoxy) is 3. The highest BCUT2D eigenvalue weighted by atomic mass is 16.6. The Balaban J connectivity index is 4.59. The first-order valence-corrected chi connectivity index (χ1v) is 28.0. The fourth-order valence-electron chi connectivity index (χ4n) is 7.28. The van der Waals surface area contributed by atoms with E-state index < -0.39 is 6.10 Å². The fraction of sp³-hybridized carbons (Fsp3) is 0.635. The molecule has 0 N–H and O–H groups in total. The predicted octanol–water partition coefficient (Wildman–Crippen LogP) is 18.9. The van der Waals surface area contributed by atoms with Crippen molar-refractivity contribution in [3.63, 3.8) is 0 Å². The van der Waals surface area contributed by atoms with E-state index in [-0.39, 0.29) is 44.0 Å². The third-order valence-corrected chi connectivity index (χ3v) is 11.5. The van der Waals surface area contributed by atoms with Crippen LogP contribution in [0.2, 0.25) is 0 Å². The van der Waals surface area contributed by atoms with Crippen LogP contribution < -0.4 is 0 Å². The number of allylic oxidation sites excluding steroid dienone is 20. The Kier molecular flexibility index (Phi) is 53.0. The highest BCUT2D eigenvalue weighted by Crippen LogP contribution is 2.14. The molecule has 0 aromatic rings. The van der Waals surface area contributed by atoms with E-state index in [0.717, 1.165) is 83.5 Å². The maximum absolute atomic E-state index is 12.8. The van der Waals surface area contributed by atoms with Crippen LogP contribution in [0.5, 0.6) is 0 Å². The number of hydrogen-bond donors (Lipinski definition) is 0. The smallest absolute Gasteiger partial charge is 0.306 e. The molecule has 0 aromatic carbocycles. The molecule has 0 aliphatic rings. The minimum atomic E-state index is -0.839. The first-order valence-electron chi connectivity index (χ1n) is 28.0. The summed E-state index contributed by atoms with van der Waals surface area (Å²) in [4.78, 5) is 38.1. The topological polar surface area (TPSA) is 78.9 Å². The van der Waals surface area contributed by atoms with Gasteiger partial charge in [-0.25, -0.2) is 0 Å². The van der Waals surface area contributed by atoms with Crippen LogP contribution in [-0.2, 0) is 28.6 Å². The zero-order valence-corrected chi connectivity index (χ0v) is 44.5. The Bertz CT molecular complexity index is 1470.